The summed E-state index contributed by atoms with van der Waals surface area (Å²) < 4.78 is 39.5. The summed E-state index contributed by atoms with van der Waals surface area (Å²) in [5.41, 5.74) is -0.323. The molecule has 0 unspecified atom stereocenters. The molecule has 0 saturated carbocycles. The summed E-state index contributed by atoms with van der Waals surface area (Å²) in [4.78, 5) is 13.7. The van der Waals surface area contributed by atoms with Crippen molar-refractivity contribution in [3.05, 3.63) is 17.3 Å². The van der Waals surface area contributed by atoms with Crippen LogP contribution in [0.15, 0.2) is 6.20 Å². The van der Waals surface area contributed by atoms with Crippen molar-refractivity contribution in [2.75, 3.05) is 0 Å². The molecule has 1 aromatic heterocycles. The first-order chi connectivity index (χ1) is 7.70. The van der Waals surface area contributed by atoms with E-state index in [-0.39, 0.29) is 11.1 Å². The van der Waals surface area contributed by atoms with Gasteiger partial charge in [-0.05, 0) is 6.92 Å². The smallest absolute Gasteiger partial charge is 0.506 e. The number of aromatic nitrogens is 1. The first-order valence-electron chi connectivity index (χ1n) is 4.35. The van der Waals surface area contributed by atoms with E-state index in [2.05, 4.69) is 9.72 Å². The summed E-state index contributed by atoms with van der Waals surface area (Å²) in [7, 11) is 0. The number of pyridine rings is 1. The van der Waals surface area contributed by atoms with E-state index in [1.165, 1.54) is 6.92 Å². The molecule has 0 bridgehead atoms. The van der Waals surface area contributed by atoms with Crippen LogP contribution in [0.2, 0.25) is 0 Å². The Bertz CT molecular complexity index is 445. The lowest BCUT2D eigenvalue weighted by Crippen LogP contribution is -2.19. The van der Waals surface area contributed by atoms with Gasteiger partial charge < -0.3 is 14.9 Å². The van der Waals surface area contributed by atoms with Gasteiger partial charge in [0.25, 0.3) is 0 Å². The fourth-order valence-corrected chi connectivity index (χ4v) is 1.20. The Morgan fingerprint density at radius 3 is 2.59 bits per heavy atom. The highest BCUT2D eigenvalue weighted by molar-refractivity contribution is 5.72. The van der Waals surface area contributed by atoms with Crippen LogP contribution in [-0.2, 0) is 11.2 Å². The lowest BCUT2D eigenvalue weighted by atomic mass is 10.1. The predicted octanol–water partition coefficient (Wildman–Crippen LogP) is 1.62. The molecular weight excluding hydrogens is 243 g/mol. The Morgan fingerprint density at radius 1 is 1.53 bits per heavy atom. The van der Waals surface area contributed by atoms with Crippen LogP contribution in [0, 0.1) is 6.92 Å². The van der Waals surface area contributed by atoms with E-state index >= 15 is 0 Å². The van der Waals surface area contributed by atoms with Crippen LogP contribution < -0.4 is 4.74 Å². The number of nitrogens with zero attached hydrogens (tertiary/aromatic N) is 1. The van der Waals surface area contributed by atoms with Crippen LogP contribution in [0.5, 0.6) is 11.6 Å². The lowest BCUT2D eigenvalue weighted by Gasteiger charge is -2.13. The second kappa shape index (κ2) is 4.48. The molecule has 0 aliphatic rings. The summed E-state index contributed by atoms with van der Waals surface area (Å²) in [6, 6.07) is 0. The summed E-state index contributed by atoms with van der Waals surface area (Å²) in [5.74, 6) is -2.54. The second-order valence-corrected chi connectivity index (χ2v) is 3.17. The van der Waals surface area contributed by atoms with E-state index < -0.39 is 30.4 Å². The number of hydrogen-bond donors (Lipinski definition) is 2. The van der Waals surface area contributed by atoms with Gasteiger partial charge in [0.1, 0.15) is 5.75 Å². The van der Waals surface area contributed by atoms with Gasteiger partial charge in [-0.25, -0.2) is 4.98 Å². The molecule has 8 heteroatoms. The van der Waals surface area contributed by atoms with Crippen LogP contribution in [0.4, 0.5) is 13.2 Å². The Hall–Kier alpha value is -1.99. The maximum absolute atomic E-state index is 12.0. The predicted molar refractivity (Wildman–Crippen MR) is 48.7 cm³/mol. The van der Waals surface area contributed by atoms with Gasteiger partial charge in [0, 0.05) is 11.1 Å². The zero-order valence-electron chi connectivity index (χ0n) is 8.58. The molecule has 0 amide bonds. The number of aromatic hydroxyl groups is 1. The molecule has 0 fully saturated rings. The van der Waals surface area contributed by atoms with Crippen LogP contribution in [0.25, 0.3) is 0 Å². The normalized spacial score (nSPS) is 11.3. The standard InChI is InChI=1S/C9H8F3NO4/c1-4-5(2-7(15)16)6(14)3-13-8(4)17-9(10,11)12/h3,14H,2H2,1H3,(H,15,16). The van der Waals surface area contributed by atoms with Crippen molar-refractivity contribution in [2.45, 2.75) is 19.7 Å². The molecule has 5 nitrogen and oxygen atoms in total. The van der Waals surface area contributed by atoms with E-state index in [1.807, 2.05) is 0 Å². The molecule has 0 aliphatic heterocycles. The zero-order chi connectivity index (χ0) is 13.2. The number of carboxylic acids is 1. The Labute approximate surface area is 93.5 Å². The van der Waals surface area contributed by atoms with Gasteiger partial charge >= 0.3 is 12.3 Å². The van der Waals surface area contributed by atoms with Gasteiger partial charge in [0.05, 0.1) is 12.6 Å². The molecule has 1 heterocycles. The molecule has 0 spiro atoms. The minimum atomic E-state index is -4.92. The molecule has 0 radical (unpaired) electrons. The molecular formula is C9H8F3NO4. The topological polar surface area (TPSA) is 79.7 Å². The average molecular weight is 251 g/mol. The second-order valence-electron chi connectivity index (χ2n) is 3.17. The zero-order valence-corrected chi connectivity index (χ0v) is 8.58. The molecule has 2 N–H and O–H groups in total. The third kappa shape index (κ3) is 3.51. The summed E-state index contributed by atoms with van der Waals surface area (Å²) in [5, 5.41) is 17.8. The number of alkyl halides is 3. The molecule has 0 aliphatic carbocycles. The third-order valence-electron chi connectivity index (χ3n) is 1.93. The fraction of sp³-hybridized carbons (Fsp3) is 0.333. The number of rotatable bonds is 3. The molecule has 0 atom stereocenters. The molecule has 1 rings (SSSR count). The number of carboxylic acid groups (broad SMARTS) is 1. The Balaban J connectivity index is 3.14. The third-order valence-corrected chi connectivity index (χ3v) is 1.93. The van der Waals surface area contributed by atoms with Gasteiger partial charge in [0.15, 0.2) is 0 Å². The Kier molecular flexibility index (Phi) is 3.45. The van der Waals surface area contributed by atoms with E-state index in [1.54, 1.807) is 0 Å². The van der Waals surface area contributed by atoms with Crippen LogP contribution in [0.1, 0.15) is 11.1 Å². The highest BCUT2D eigenvalue weighted by Gasteiger charge is 2.33. The monoisotopic (exact) mass is 251 g/mol. The van der Waals surface area contributed by atoms with Crippen molar-refractivity contribution >= 4 is 5.97 Å². The number of hydrogen-bond acceptors (Lipinski definition) is 4. The number of ether oxygens (including phenoxy) is 1. The van der Waals surface area contributed by atoms with Gasteiger partial charge in [-0.3, -0.25) is 4.79 Å². The van der Waals surface area contributed by atoms with Crippen molar-refractivity contribution in [3.8, 4) is 11.6 Å². The summed E-state index contributed by atoms with van der Waals surface area (Å²) >= 11 is 0. The van der Waals surface area contributed by atoms with Gasteiger partial charge in [-0.1, -0.05) is 0 Å². The van der Waals surface area contributed by atoms with E-state index in [0.717, 1.165) is 0 Å². The molecule has 94 valence electrons. The first-order valence-corrected chi connectivity index (χ1v) is 4.35. The lowest BCUT2D eigenvalue weighted by molar-refractivity contribution is -0.276. The minimum Gasteiger partial charge on any atom is -0.506 e. The number of carbonyl (C=O) groups is 1. The van der Waals surface area contributed by atoms with Crippen LogP contribution >= 0.6 is 0 Å². The quantitative estimate of drug-likeness (QED) is 0.853. The van der Waals surface area contributed by atoms with Crippen molar-refractivity contribution < 1.29 is 32.9 Å². The summed E-state index contributed by atoms with van der Waals surface area (Å²) in [6.07, 6.45) is -4.82. The average Bonchev–Trinajstić information content (AvgIpc) is 2.15. The number of aliphatic carboxylic acids is 1. The van der Waals surface area contributed by atoms with Crippen molar-refractivity contribution in [1.82, 2.24) is 4.98 Å². The van der Waals surface area contributed by atoms with Gasteiger partial charge in [0.2, 0.25) is 5.88 Å². The van der Waals surface area contributed by atoms with Crippen molar-refractivity contribution in [2.24, 2.45) is 0 Å². The maximum atomic E-state index is 12.0. The van der Waals surface area contributed by atoms with Crippen molar-refractivity contribution in [1.29, 1.82) is 0 Å². The largest absolute Gasteiger partial charge is 0.574 e. The SMILES string of the molecule is Cc1c(OC(F)(F)F)ncc(O)c1CC(=O)O. The fourth-order valence-electron chi connectivity index (χ4n) is 1.20. The summed E-state index contributed by atoms with van der Waals surface area (Å²) in [6.45, 7) is 1.19. The molecule has 1 aromatic rings. The number of halogens is 3. The molecule has 17 heavy (non-hydrogen) atoms. The van der Waals surface area contributed by atoms with E-state index in [4.69, 9.17) is 5.11 Å². The maximum Gasteiger partial charge on any atom is 0.574 e. The highest BCUT2D eigenvalue weighted by atomic mass is 19.4. The Morgan fingerprint density at radius 2 is 2.12 bits per heavy atom. The van der Waals surface area contributed by atoms with Gasteiger partial charge in [-0.15, -0.1) is 13.2 Å². The van der Waals surface area contributed by atoms with E-state index in [9.17, 15) is 23.1 Å². The van der Waals surface area contributed by atoms with Gasteiger partial charge in [-0.2, -0.15) is 0 Å². The van der Waals surface area contributed by atoms with Crippen LogP contribution in [-0.4, -0.2) is 27.5 Å². The van der Waals surface area contributed by atoms with E-state index in [0.29, 0.717) is 6.20 Å². The van der Waals surface area contributed by atoms with Crippen molar-refractivity contribution in [3.63, 3.8) is 0 Å². The molecule has 0 saturated heterocycles. The highest BCUT2D eigenvalue weighted by Crippen LogP contribution is 2.30. The van der Waals surface area contributed by atoms with Crippen LogP contribution in [0.3, 0.4) is 0 Å². The molecule has 0 aromatic carbocycles. The minimum absolute atomic E-state index is 0.160. The first kappa shape index (κ1) is 13.1.